The molecular weight excluding hydrogens is 433 g/mol. The molecule has 0 radical (unpaired) electrons. The largest absolute Gasteiger partial charge is 0.456 e. The Morgan fingerprint density at radius 1 is 1.27 bits per heavy atom. The van der Waals surface area contributed by atoms with Crippen LogP contribution in [0.1, 0.15) is 41.1 Å². The van der Waals surface area contributed by atoms with Gasteiger partial charge in [-0.15, -0.1) is 0 Å². The Hall–Kier alpha value is -2.71. The van der Waals surface area contributed by atoms with Crippen molar-refractivity contribution < 1.29 is 27.1 Å². The molecule has 0 spiro atoms. The number of esters is 1. The molecule has 156 valence electrons. The summed E-state index contributed by atoms with van der Waals surface area (Å²) in [6.07, 6.45) is 0.0308. The minimum atomic E-state index is -3.82. The first kappa shape index (κ1) is 20.6. The third kappa shape index (κ3) is 3.50. The molecule has 9 heteroatoms. The second-order valence-electron chi connectivity index (χ2n) is 7.27. The highest BCUT2D eigenvalue weighted by Crippen LogP contribution is 2.43. The van der Waals surface area contributed by atoms with E-state index >= 15 is 0 Å². The van der Waals surface area contributed by atoms with E-state index in [1.807, 2.05) is 0 Å². The molecule has 1 aliphatic rings. The van der Waals surface area contributed by atoms with Crippen LogP contribution in [0.15, 0.2) is 41.3 Å². The van der Waals surface area contributed by atoms with Crippen molar-refractivity contribution >= 4 is 44.1 Å². The number of rotatable bonds is 4. The molecule has 0 fully saturated rings. The van der Waals surface area contributed by atoms with Crippen molar-refractivity contribution in [1.29, 1.82) is 0 Å². The van der Waals surface area contributed by atoms with Crippen molar-refractivity contribution in [1.82, 2.24) is 4.57 Å². The maximum atomic E-state index is 14.3. The molecule has 3 aromatic rings. The van der Waals surface area contributed by atoms with Gasteiger partial charge in [0.15, 0.2) is 15.6 Å². The topological polar surface area (TPSA) is 82.4 Å². The van der Waals surface area contributed by atoms with Crippen LogP contribution in [0.2, 0.25) is 5.02 Å². The highest BCUT2D eigenvalue weighted by Gasteiger charge is 2.39. The summed E-state index contributed by atoms with van der Waals surface area (Å²) < 4.78 is 46.2. The Labute approximate surface area is 177 Å². The lowest BCUT2D eigenvalue weighted by molar-refractivity contribution is -0.146. The van der Waals surface area contributed by atoms with E-state index in [1.165, 1.54) is 6.92 Å². The molecule has 2 aromatic carbocycles. The number of carbonyl (C=O) groups excluding carboxylic acids is 2. The Morgan fingerprint density at radius 2 is 1.93 bits per heavy atom. The van der Waals surface area contributed by atoms with Gasteiger partial charge in [-0.2, -0.15) is 0 Å². The number of aromatic nitrogens is 1. The number of hydrogen-bond donors (Lipinski definition) is 0. The number of hydrogen-bond acceptors (Lipinski definition) is 5. The van der Waals surface area contributed by atoms with Gasteiger partial charge in [0.1, 0.15) is 11.9 Å². The maximum Gasteiger partial charge on any atom is 0.303 e. The van der Waals surface area contributed by atoms with Crippen molar-refractivity contribution in [2.24, 2.45) is 0 Å². The van der Waals surface area contributed by atoms with Gasteiger partial charge < -0.3 is 9.30 Å². The van der Waals surface area contributed by atoms with E-state index in [2.05, 4.69) is 0 Å². The number of sulfone groups is 1. The van der Waals surface area contributed by atoms with Crippen LogP contribution in [0.5, 0.6) is 0 Å². The molecule has 0 aliphatic heterocycles. The Bertz CT molecular complexity index is 1310. The van der Waals surface area contributed by atoms with Gasteiger partial charge >= 0.3 is 5.97 Å². The minimum absolute atomic E-state index is 0.0779. The van der Waals surface area contributed by atoms with Gasteiger partial charge in [-0.3, -0.25) is 9.59 Å². The monoisotopic (exact) mass is 449 g/mol. The van der Waals surface area contributed by atoms with E-state index in [1.54, 1.807) is 28.8 Å². The lowest BCUT2D eigenvalue weighted by atomic mass is 10.1. The lowest BCUT2D eigenvalue weighted by Crippen LogP contribution is -2.13. The van der Waals surface area contributed by atoms with Crippen LogP contribution >= 0.6 is 11.6 Å². The summed E-state index contributed by atoms with van der Waals surface area (Å²) >= 11 is 5.95. The molecule has 1 aromatic heterocycles. The normalized spacial score (nSPS) is 16.1. The maximum absolute atomic E-state index is 14.3. The molecule has 30 heavy (non-hydrogen) atoms. The van der Waals surface area contributed by atoms with Crippen molar-refractivity contribution in [3.05, 3.63) is 64.1 Å². The third-order valence-electron chi connectivity index (χ3n) is 5.04. The zero-order valence-corrected chi connectivity index (χ0v) is 17.7. The predicted octanol–water partition coefficient (Wildman–Crippen LogP) is 4.08. The fourth-order valence-corrected chi connectivity index (χ4v) is 4.97. The van der Waals surface area contributed by atoms with Crippen LogP contribution in [-0.2, 0) is 25.9 Å². The molecule has 1 aliphatic carbocycles. The summed E-state index contributed by atoms with van der Waals surface area (Å²) in [5, 5.41) is 0.729. The van der Waals surface area contributed by atoms with Gasteiger partial charge in [-0.1, -0.05) is 23.7 Å². The van der Waals surface area contributed by atoms with E-state index < -0.39 is 27.7 Å². The molecule has 0 amide bonds. The van der Waals surface area contributed by atoms with E-state index in [0.29, 0.717) is 10.7 Å². The number of halogens is 2. The number of benzene rings is 2. The third-order valence-corrected chi connectivity index (χ3v) is 6.40. The first-order valence-electron chi connectivity index (χ1n) is 9.07. The number of nitrogens with zero attached hydrogens (tertiary/aromatic N) is 1. The van der Waals surface area contributed by atoms with Gasteiger partial charge in [-0.25, -0.2) is 12.8 Å². The first-order chi connectivity index (χ1) is 14.1. The second kappa shape index (κ2) is 7.21. The molecular formula is C21H17ClFNO5S. The summed E-state index contributed by atoms with van der Waals surface area (Å²) in [7, 11) is -3.82. The lowest BCUT2D eigenvalue weighted by Gasteiger charge is -2.17. The summed E-state index contributed by atoms with van der Waals surface area (Å²) in [6.45, 7) is 1.42. The Balaban J connectivity index is 2.07. The highest BCUT2D eigenvalue weighted by atomic mass is 35.5. The first-order valence-corrected chi connectivity index (χ1v) is 11.3. The minimum Gasteiger partial charge on any atom is -0.456 e. The van der Waals surface area contributed by atoms with Crippen LogP contribution in [0.25, 0.3) is 10.9 Å². The smallest absolute Gasteiger partial charge is 0.303 e. The zero-order valence-electron chi connectivity index (χ0n) is 16.1. The van der Waals surface area contributed by atoms with Gasteiger partial charge in [0, 0.05) is 30.1 Å². The number of Topliss-reactive ketones (excluding diaryl/α,β-unsaturated/α-hetero) is 1. The van der Waals surface area contributed by atoms with Crippen LogP contribution in [0, 0.1) is 5.82 Å². The van der Waals surface area contributed by atoms with Crippen LogP contribution in [0.4, 0.5) is 4.39 Å². The van der Waals surface area contributed by atoms with Crippen molar-refractivity contribution in [3.63, 3.8) is 0 Å². The summed E-state index contributed by atoms with van der Waals surface area (Å²) in [5.74, 6) is -1.67. The number of carbonyl (C=O) groups is 2. The zero-order chi connectivity index (χ0) is 21.8. The van der Waals surface area contributed by atoms with Crippen LogP contribution in [-0.4, -0.2) is 31.0 Å². The van der Waals surface area contributed by atoms with E-state index in [4.69, 9.17) is 16.3 Å². The fourth-order valence-electron chi connectivity index (χ4n) is 3.95. The van der Waals surface area contributed by atoms with E-state index in [9.17, 15) is 22.4 Å². The van der Waals surface area contributed by atoms with Crippen molar-refractivity contribution in [3.8, 4) is 0 Å². The number of ether oxygens (including phenoxy) is 1. The van der Waals surface area contributed by atoms with Crippen molar-refractivity contribution in [2.45, 2.75) is 30.9 Å². The molecule has 1 atom stereocenters. The average molecular weight is 450 g/mol. The van der Waals surface area contributed by atoms with E-state index in [-0.39, 0.29) is 40.1 Å². The van der Waals surface area contributed by atoms with Gasteiger partial charge in [0.2, 0.25) is 0 Å². The highest BCUT2D eigenvalue weighted by molar-refractivity contribution is 7.91. The van der Waals surface area contributed by atoms with Crippen LogP contribution < -0.4 is 0 Å². The van der Waals surface area contributed by atoms with Crippen LogP contribution in [0.3, 0.4) is 0 Å². The summed E-state index contributed by atoms with van der Waals surface area (Å²) in [6, 6.07) is 9.00. The number of ketones is 1. The molecule has 1 unspecified atom stereocenters. The molecule has 4 rings (SSSR count). The molecule has 0 saturated heterocycles. The van der Waals surface area contributed by atoms with Crippen molar-refractivity contribution in [2.75, 3.05) is 6.26 Å². The molecule has 1 heterocycles. The molecule has 0 saturated carbocycles. The second-order valence-corrected chi connectivity index (χ2v) is 9.69. The Morgan fingerprint density at radius 3 is 2.53 bits per heavy atom. The summed E-state index contributed by atoms with van der Waals surface area (Å²) in [5.41, 5.74) is 1.55. The molecule has 0 N–H and O–H groups in total. The summed E-state index contributed by atoms with van der Waals surface area (Å²) in [4.78, 5) is 24.1. The quantitative estimate of drug-likeness (QED) is 0.560. The standard InChI is InChI=1S/C21H17ClFNO5S/c1-11(25)29-17-9-16(26)19-15-7-14(23)8-18(30(2,27)28)20(15)24(21(17)19)10-12-3-5-13(22)6-4-12/h3-8,17H,9-10H2,1-2H3. The van der Waals surface area contributed by atoms with Gasteiger partial charge in [0.05, 0.1) is 28.1 Å². The SMILES string of the molecule is CC(=O)OC1CC(=O)c2c1n(Cc1ccc(Cl)cc1)c1c(S(C)(=O)=O)cc(F)cc21. The van der Waals surface area contributed by atoms with Gasteiger partial charge in [-0.05, 0) is 29.8 Å². The average Bonchev–Trinajstić information content (AvgIpc) is 3.11. The van der Waals surface area contributed by atoms with Gasteiger partial charge in [0.25, 0.3) is 0 Å². The number of fused-ring (bicyclic) bond motifs is 3. The molecule has 0 bridgehead atoms. The Kier molecular flexibility index (Phi) is 4.94. The fraction of sp³-hybridized carbons (Fsp3) is 0.238. The predicted molar refractivity (Wildman–Crippen MR) is 109 cm³/mol. The molecule has 6 nitrogen and oxygen atoms in total. The van der Waals surface area contributed by atoms with E-state index in [0.717, 1.165) is 24.0 Å².